The van der Waals surface area contributed by atoms with Crippen LogP contribution < -0.4 is 24.4 Å². The fourth-order valence-corrected chi connectivity index (χ4v) is 3.21. The van der Waals surface area contributed by atoms with Gasteiger partial charge in [-0.25, -0.2) is 0 Å². The van der Waals surface area contributed by atoms with Crippen LogP contribution >= 0.6 is 0 Å². The number of benzene rings is 2. The summed E-state index contributed by atoms with van der Waals surface area (Å²) in [6, 6.07) is 11.9. The molecule has 0 radical (unpaired) electrons. The van der Waals surface area contributed by atoms with Crippen molar-refractivity contribution in [3.63, 3.8) is 0 Å². The van der Waals surface area contributed by atoms with Crippen molar-refractivity contribution in [1.82, 2.24) is 0 Å². The summed E-state index contributed by atoms with van der Waals surface area (Å²) in [5.41, 5.74) is 2.68. The van der Waals surface area contributed by atoms with E-state index in [9.17, 15) is 4.79 Å². The van der Waals surface area contributed by atoms with Crippen LogP contribution in [0.5, 0.6) is 17.2 Å². The molecule has 2 aromatic carbocycles. The molecule has 0 saturated heterocycles. The van der Waals surface area contributed by atoms with Gasteiger partial charge in [-0.1, -0.05) is 0 Å². The minimum Gasteiger partial charge on any atom is -0.493 e. The van der Waals surface area contributed by atoms with E-state index in [4.69, 9.17) is 14.2 Å². The number of carbonyl (C=O) groups is 1. The number of ether oxygens (including phenoxy) is 3. The topological polar surface area (TPSA) is 60.0 Å². The van der Waals surface area contributed by atoms with E-state index < -0.39 is 0 Å². The summed E-state index contributed by atoms with van der Waals surface area (Å²) in [7, 11) is 4.66. The summed E-state index contributed by atoms with van der Waals surface area (Å²) in [5.74, 6) is 1.46. The van der Waals surface area contributed by atoms with E-state index in [0.29, 0.717) is 23.3 Å². The Hall–Kier alpha value is -2.89. The fourth-order valence-electron chi connectivity index (χ4n) is 3.21. The van der Waals surface area contributed by atoms with Gasteiger partial charge in [0.2, 0.25) is 11.7 Å². The van der Waals surface area contributed by atoms with Gasteiger partial charge in [0.05, 0.1) is 27.8 Å². The molecular weight excluding hydrogens is 356 g/mol. The summed E-state index contributed by atoms with van der Waals surface area (Å²) in [5, 5.41) is 2.94. The maximum atomic E-state index is 12.5. The smallest absolute Gasteiger partial charge is 0.228 e. The second-order valence-corrected chi connectivity index (χ2v) is 6.69. The number of carbonyl (C=O) groups excluding carboxylic acids is 1. The Morgan fingerprint density at radius 2 is 1.57 bits per heavy atom. The van der Waals surface area contributed by atoms with Crippen LogP contribution in [-0.4, -0.2) is 39.8 Å². The lowest BCUT2D eigenvalue weighted by Gasteiger charge is -2.27. The number of hydrogen-bond acceptors (Lipinski definition) is 5. The van der Waals surface area contributed by atoms with Crippen molar-refractivity contribution < 1.29 is 19.0 Å². The Morgan fingerprint density at radius 1 is 1.00 bits per heavy atom. The molecule has 152 valence electrons. The van der Waals surface area contributed by atoms with E-state index in [1.165, 1.54) is 0 Å². The Kier molecular flexibility index (Phi) is 7.55. The van der Waals surface area contributed by atoms with Crippen molar-refractivity contribution >= 4 is 17.3 Å². The van der Waals surface area contributed by atoms with Crippen molar-refractivity contribution in [1.29, 1.82) is 0 Å². The molecule has 0 unspecified atom stereocenters. The first kappa shape index (κ1) is 21.4. The van der Waals surface area contributed by atoms with Gasteiger partial charge >= 0.3 is 0 Å². The van der Waals surface area contributed by atoms with Gasteiger partial charge in [-0.3, -0.25) is 4.79 Å². The van der Waals surface area contributed by atoms with Crippen LogP contribution in [0.2, 0.25) is 0 Å². The molecule has 6 nitrogen and oxygen atoms in total. The zero-order valence-corrected chi connectivity index (χ0v) is 17.5. The molecule has 0 aliphatic carbocycles. The number of amides is 1. The van der Waals surface area contributed by atoms with Gasteiger partial charge < -0.3 is 24.4 Å². The third-order valence-electron chi connectivity index (χ3n) is 4.54. The van der Waals surface area contributed by atoms with Gasteiger partial charge in [0.15, 0.2) is 11.5 Å². The number of rotatable bonds is 9. The molecule has 0 aliphatic rings. The molecule has 0 aliphatic heterocycles. The number of methoxy groups -OCH3 is 3. The molecule has 0 bridgehead atoms. The normalized spacial score (nSPS) is 10.5. The minimum absolute atomic E-state index is 0.113. The first-order valence-corrected chi connectivity index (χ1v) is 9.38. The Balaban J connectivity index is 2.10. The van der Waals surface area contributed by atoms with Crippen molar-refractivity contribution in [2.24, 2.45) is 0 Å². The highest BCUT2D eigenvalue weighted by Gasteiger charge is 2.15. The monoisotopic (exact) mass is 386 g/mol. The standard InChI is InChI=1S/C22H30N2O4/c1-7-24(15(2)3)18-10-8-17(9-11-18)23-21(25)14-16-12-19(26-4)22(28-6)20(13-16)27-5/h8-13,15H,7,14H2,1-6H3,(H,23,25). The molecule has 0 atom stereocenters. The molecule has 0 saturated carbocycles. The van der Waals surface area contributed by atoms with Crippen LogP contribution in [0.3, 0.4) is 0 Å². The van der Waals surface area contributed by atoms with Crippen LogP contribution in [0.25, 0.3) is 0 Å². The summed E-state index contributed by atoms with van der Waals surface area (Å²) in [6.07, 6.45) is 0.200. The van der Waals surface area contributed by atoms with E-state index in [-0.39, 0.29) is 12.3 Å². The third kappa shape index (κ3) is 5.09. The van der Waals surface area contributed by atoms with Crippen molar-refractivity contribution in [3.05, 3.63) is 42.0 Å². The van der Waals surface area contributed by atoms with Gasteiger partial charge in [0, 0.05) is 24.0 Å². The predicted molar refractivity (Wildman–Crippen MR) is 113 cm³/mol. The maximum Gasteiger partial charge on any atom is 0.228 e. The lowest BCUT2D eigenvalue weighted by atomic mass is 10.1. The van der Waals surface area contributed by atoms with Gasteiger partial charge in [0.1, 0.15) is 0 Å². The second kappa shape index (κ2) is 9.88. The molecule has 0 spiro atoms. The zero-order chi connectivity index (χ0) is 20.7. The molecule has 1 amide bonds. The molecule has 0 fully saturated rings. The molecular formula is C22H30N2O4. The van der Waals surface area contributed by atoms with Crippen LogP contribution in [0, 0.1) is 0 Å². The van der Waals surface area contributed by atoms with Crippen molar-refractivity contribution in [3.8, 4) is 17.2 Å². The summed E-state index contributed by atoms with van der Waals surface area (Å²) < 4.78 is 16.0. The number of hydrogen-bond donors (Lipinski definition) is 1. The third-order valence-corrected chi connectivity index (χ3v) is 4.54. The quantitative estimate of drug-likeness (QED) is 0.702. The first-order valence-electron chi connectivity index (χ1n) is 9.38. The highest BCUT2D eigenvalue weighted by molar-refractivity contribution is 5.92. The summed E-state index contributed by atoms with van der Waals surface area (Å²) in [4.78, 5) is 14.8. The van der Waals surface area contributed by atoms with Gasteiger partial charge in [0.25, 0.3) is 0 Å². The predicted octanol–water partition coefficient (Wildman–Crippen LogP) is 4.13. The Morgan fingerprint density at radius 3 is 2.00 bits per heavy atom. The van der Waals surface area contributed by atoms with Crippen LogP contribution in [0.1, 0.15) is 26.3 Å². The second-order valence-electron chi connectivity index (χ2n) is 6.69. The average Bonchev–Trinajstić information content (AvgIpc) is 2.68. The summed E-state index contributed by atoms with van der Waals surface area (Å²) in [6.45, 7) is 7.39. The van der Waals surface area contributed by atoms with E-state index in [2.05, 4.69) is 31.0 Å². The lowest BCUT2D eigenvalue weighted by Crippen LogP contribution is -2.30. The van der Waals surface area contributed by atoms with Gasteiger partial charge in [-0.05, 0) is 62.7 Å². The van der Waals surface area contributed by atoms with Crippen LogP contribution in [0.4, 0.5) is 11.4 Å². The highest BCUT2D eigenvalue weighted by atomic mass is 16.5. The lowest BCUT2D eigenvalue weighted by molar-refractivity contribution is -0.115. The SMILES string of the molecule is CCN(c1ccc(NC(=O)Cc2cc(OC)c(OC)c(OC)c2)cc1)C(C)C. The van der Waals surface area contributed by atoms with E-state index in [1.807, 2.05) is 24.3 Å². The van der Waals surface area contributed by atoms with E-state index >= 15 is 0 Å². The maximum absolute atomic E-state index is 12.5. The minimum atomic E-state index is -0.113. The molecule has 6 heteroatoms. The van der Waals surface area contributed by atoms with Gasteiger partial charge in [-0.2, -0.15) is 0 Å². The Bertz CT molecular complexity index is 763. The number of nitrogens with one attached hydrogen (secondary N) is 1. The van der Waals surface area contributed by atoms with E-state index in [1.54, 1.807) is 33.5 Å². The fraction of sp³-hybridized carbons (Fsp3) is 0.409. The number of nitrogens with zero attached hydrogens (tertiary/aromatic N) is 1. The first-order chi connectivity index (χ1) is 13.4. The number of anilines is 2. The molecule has 0 heterocycles. The average molecular weight is 386 g/mol. The van der Waals surface area contributed by atoms with Crippen molar-refractivity contribution in [2.45, 2.75) is 33.2 Å². The summed E-state index contributed by atoms with van der Waals surface area (Å²) >= 11 is 0. The van der Waals surface area contributed by atoms with Crippen LogP contribution in [-0.2, 0) is 11.2 Å². The molecule has 28 heavy (non-hydrogen) atoms. The Labute approximate surface area is 167 Å². The molecule has 1 N–H and O–H groups in total. The molecule has 2 aromatic rings. The zero-order valence-electron chi connectivity index (χ0n) is 17.5. The van der Waals surface area contributed by atoms with Crippen molar-refractivity contribution in [2.75, 3.05) is 38.1 Å². The highest BCUT2D eigenvalue weighted by Crippen LogP contribution is 2.38. The van der Waals surface area contributed by atoms with Gasteiger partial charge in [-0.15, -0.1) is 0 Å². The largest absolute Gasteiger partial charge is 0.493 e. The molecule has 2 rings (SSSR count). The van der Waals surface area contributed by atoms with Crippen LogP contribution in [0.15, 0.2) is 36.4 Å². The van der Waals surface area contributed by atoms with E-state index in [0.717, 1.165) is 23.5 Å². The molecule has 0 aromatic heterocycles.